The van der Waals surface area contributed by atoms with Crippen molar-refractivity contribution in [1.29, 1.82) is 5.41 Å². The zero-order valence-electron chi connectivity index (χ0n) is 16.8. The Labute approximate surface area is 172 Å². The van der Waals surface area contributed by atoms with Crippen LogP contribution in [0.5, 0.6) is 0 Å². The van der Waals surface area contributed by atoms with Crippen LogP contribution in [-0.4, -0.2) is 78.0 Å². The van der Waals surface area contributed by atoms with E-state index in [0.717, 1.165) is 50.5 Å². The number of piperidine rings is 1. The van der Waals surface area contributed by atoms with Gasteiger partial charge in [0.15, 0.2) is 5.96 Å². The van der Waals surface area contributed by atoms with Crippen molar-refractivity contribution in [3.8, 4) is 0 Å². The molecule has 2 fully saturated rings. The smallest absolute Gasteiger partial charge is 0.221 e. The average molecular weight is 406 g/mol. The van der Waals surface area contributed by atoms with Crippen molar-refractivity contribution in [2.75, 3.05) is 33.2 Å². The maximum absolute atomic E-state index is 8.04. The molecule has 1 aromatic rings. The van der Waals surface area contributed by atoms with Gasteiger partial charge in [0.05, 0.1) is 0 Å². The summed E-state index contributed by atoms with van der Waals surface area (Å²) in [7, 11) is 2.22. The lowest BCUT2D eigenvalue weighted by Gasteiger charge is -2.49. The summed E-state index contributed by atoms with van der Waals surface area (Å²) in [6, 6.07) is 9.77. The molecule has 5 N–H and O–H groups in total. The van der Waals surface area contributed by atoms with Gasteiger partial charge in [-0.1, -0.05) is 23.7 Å². The van der Waals surface area contributed by atoms with Gasteiger partial charge in [-0.3, -0.25) is 10.3 Å². The molecule has 3 rings (SSSR count). The fraction of sp³-hybridized carbons (Fsp3) is 0.600. The third kappa shape index (κ3) is 5.16. The first-order valence-electron chi connectivity index (χ1n) is 9.97. The average Bonchev–Trinajstić information content (AvgIpc) is 2.66. The molecule has 2 saturated heterocycles. The van der Waals surface area contributed by atoms with Crippen LogP contribution < -0.4 is 11.5 Å². The number of nitrogens with one attached hydrogen (secondary N) is 1. The van der Waals surface area contributed by atoms with E-state index in [1.807, 2.05) is 17.0 Å². The van der Waals surface area contributed by atoms with E-state index in [-0.39, 0.29) is 11.9 Å². The molecule has 0 unspecified atom stereocenters. The number of nitrogens with two attached hydrogens (primary N) is 2. The molecule has 0 aromatic heterocycles. The monoisotopic (exact) mass is 405 g/mol. The summed E-state index contributed by atoms with van der Waals surface area (Å²) in [5.41, 5.74) is 12.2. The molecule has 0 saturated carbocycles. The second-order valence-corrected chi connectivity index (χ2v) is 8.48. The summed E-state index contributed by atoms with van der Waals surface area (Å²) in [5.74, 6) is 0.117. The molecule has 0 radical (unpaired) electrons. The number of benzene rings is 1. The van der Waals surface area contributed by atoms with Gasteiger partial charge in [-0.05, 0) is 50.9 Å². The van der Waals surface area contributed by atoms with Crippen LogP contribution in [0.1, 0.15) is 25.3 Å². The zero-order chi connectivity index (χ0) is 20.3. The van der Waals surface area contributed by atoms with Crippen LogP contribution in [-0.2, 0) is 6.42 Å². The van der Waals surface area contributed by atoms with Gasteiger partial charge >= 0.3 is 0 Å². The van der Waals surface area contributed by atoms with E-state index < -0.39 is 0 Å². The summed E-state index contributed by atoms with van der Waals surface area (Å²) in [5, 5.41) is 8.82. The molecule has 7 nitrogen and oxygen atoms in total. The molecule has 2 heterocycles. The third-order valence-corrected chi connectivity index (χ3v) is 6.30. The summed E-state index contributed by atoms with van der Waals surface area (Å²) in [6.45, 7) is 6.07. The maximum atomic E-state index is 8.04. The minimum atomic E-state index is -0.0527. The number of aliphatic imine (C=N–C) groups is 1. The number of piperazine rings is 1. The molecule has 154 valence electrons. The highest BCUT2D eigenvalue weighted by Gasteiger charge is 2.35. The number of halogens is 1. The number of rotatable bonds is 3. The number of guanidine groups is 2. The van der Waals surface area contributed by atoms with Gasteiger partial charge in [0.1, 0.15) is 0 Å². The van der Waals surface area contributed by atoms with Crippen molar-refractivity contribution in [2.45, 2.75) is 44.3 Å². The molecule has 0 spiro atoms. The molecule has 1 aromatic carbocycles. The van der Waals surface area contributed by atoms with Gasteiger partial charge in [-0.2, -0.15) is 4.99 Å². The van der Waals surface area contributed by atoms with Gasteiger partial charge < -0.3 is 21.3 Å². The van der Waals surface area contributed by atoms with Crippen LogP contribution >= 0.6 is 11.6 Å². The maximum Gasteiger partial charge on any atom is 0.221 e. The van der Waals surface area contributed by atoms with E-state index in [0.29, 0.717) is 18.1 Å². The molecule has 28 heavy (non-hydrogen) atoms. The SMILES string of the molecule is C[C@H]1CN(C2CCN(C(=N)N=C(N)N)CC2)[C@@H](Cc2ccc(Cl)cc2)CN1C. The molecule has 8 heteroatoms. The number of nitrogens with zero attached hydrogens (tertiary/aromatic N) is 4. The second kappa shape index (κ2) is 9.11. The van der Waals surface area contributed by atoms with Crippen molar-refractivity contribution in [1.82, 2.24) is 14.7 Å². The first-order chi connectivity index (χ1) is 13.3. The summed E-state index contributed by atoms with van der Waals surface area (Å²) < 4.78 is 0. The highest BCUT2D eigenvalue weighted by atomic mass is 35.5. The second-order valence-electron chi connectivity index (χ2n) is 8.05. The Balaban J connectivity index is 1.66. The molecular weight excluding hydrogens is 374 g/mol. The van der Waals surface area contributed by atoms with Crippen molar-refractivity contribution in [2.24, 2.45) is 16.5 Å². The number of likely N-dealkylation sites (tertiary alicyclic amines) is 1. The molecule has 2 aliphatic heterocycles. The van der Waals surface area contributed by atoms with Gasteiger partial charge in [0.25, 0.3) is 0 Å². The standard InChI is InChI=1S/C20H32ClN7/c1-14-12-28(17-7-9-27(10-8-17)20(24)25-19(22)23)18(13-26(14)2)11-15-3-5-16(21)6-4-15/h3-6,14,17-18H,7-13H2,1-2H3,(H5,22,23,24,25)/t14-,18-/m0/s1. The number of hydrogen-bond donors (Lipinski definition) is 3. The van der Waals surface area contributed by atoms with E-state index in [1.54, 1.807) is 0 Å². The Hall–Kier alpha value is -1.83. The topological polar surface area (TPSA) is 98.0 Å². The number of likely N-dealkylation sites (N-methyl/N-ethyl adjacent to an activating group) is 1. The van der Waals surface area contributed by atoms with Crippen molar-refractivity contribution >= 4 is 23.5 Å². The lowest BCUT2D eigenvalue weighted by Crippen LogP contribution is -2.61. The predicted molar refractivity (Wildman–Crippen MR) is 116 cm³/mol. The fourth-order valence-electron chi connectivity index (χ4n) is 4.33. The quantitative estimate of drug-likeness (QED) is 0.523. The Kier molecular flexibility index (Phi) is 6.80. The van der Waals surface area contributed by atoms with E-state index in [2.05, 4.69) is 40.9 Å². The predicted octanol–water partition coefficient (Wildman–Crippen LogP) is 1.56. The van der Waals surface area contributed by atoms with Gasteiger partial charge in [-0.15, -0.1) is 0 Å². The van der Waals surface area contributed by atoms with Crippen molar-refractivity contribution in [3.05, 3.63) is 34.9 Å². The fourth-order valence-corrected chi connectivity index (χ4v) is 4.46. The minimum Gasteiger partial charge on any atom is -0.370 e. The summed E-state index contributed by atoms with van der Waals surface area (Å²) >= 11 is 6.05. The molecular formula is C20H32ClN7. The lowest BCUT2D eigenvalue weighted by atomic mass is 9.94. The summed E-state index contributed by atoms with van der Waals surface area (Å²) in [6.07, 6.45) is 3.07. The number of hydrogen-bond acceptors (Lipinski definition) is 3. The van der Waals surface area contributed by atoms with Gasteiger partial charge in [0.2, 0.25) is 5.96 Å². The Bertz CT molecular complexity index is 693. The first kappa shape index (κ1) is 20.9. The van der Waals surface area contributed by atoms with Crippen molar-refractivity contribution in [3.63, 3.8) is 0 Å². The van der Waals surface area contributed by atoms with Gasteiger partial charge in [0, 0.05) is 49.3 Å². The first-order valence-corrected chi connectivity index (χ1v) is 10.3. The largest absolute Gasteiger partial charge is 0.370 e. The molecule has 0 aliphatic carbocycles. The van der Waals surface area contributed by atoms with Crippen LogP contribution in [0.15, 0.2) is 29.3 Å². The van der Waals surface area contributed by atoms with Crippen LogP contribution in [0, 0.1) is 5.41 Å². The van der Waals surface area contributed by atoms with E-state index in [9.17, 15) is 0 Å². The highest BCUT2D eigenvalue weighted by Crippen LogP contribution is 2.26. The Morgan fingerprint density at radius 1 is 1.18 bits per heavy atom. The lowest BCUT2D eigenvalue weighted by molar-refractivity contribution is 0.00470. The van der Waals surface area contributed by atoms with Crippen LogP contribution in [0.25, 0.3) is 0 Å². The molecule has 0 bridgehead atoms. The Morgan fingerprint density at radius 2 is 1.82 bits per heavy atom. The highest BCUT2D eigenvalue weighted by molar-refractivity contribution is 6.30. The Morgan fingerprint density at radius 3 is 2.43 bits per heavy atom. The van der Waals surface area contributed by atoms with Crippen LogP contribution in [0.2, 0.25) is 5.02 Å². The summed E-state index contributed by atoms with van der Waals surface area (Å²) in [4.78, 5) is 11.0. The normalized spacial score (nSPS) is 24.9. The van der Waals surface area contributed by atoms with Gasteiger partial charge in [-0.25, -0.2) is 0 Å². The molecule has 2 aliphatic rings. The molecule has 0 amide bonds. The van der Waals surface area contributed by atoms with Crippen LogP contribution in [0.4, 0.5) is 0 Å². The third-order valence-electron chi connectivity index (χ3n) is 6.05. The van der Waals surface area contributed by atoms with Crippen LogP contribution in [0.3, 0.4) is 0 Å². The van der Waals surface area contributed by atoms with E-state index in [4.69, 9.17) is 28.5 Å². The molecule has 2 atom stereocenters. The van der Waals surface area contributed by atoms with Crippen molar-refractivity contribution < 1.29 is 0 Å². The van der Waals surface area contributed by atoms with E-state index >= 15 is 0 Å². The minimum absolute atomic E-state index is 0.0527. The zero-order valence-corrected chi connectivity index (χ0v) is 17.6. The van der Waals surface area contributed by atoms with E-state index in [1.165, 1.54) is 5.56 Å².